The first-order valence-corrected chi connectivity index (χ1v) is 35.0. The largest absolute Gasteiger partial charge is 0.472 e. The van der Waals surface area contributed by atoms with Gasteiger partial charge in [0.2, 0.25) is 0 Å². The number of ether oxygens (including phenoxy) is 3. The van der Waals surface area contributed by atoms with Crippen molar-refractivity contribution in [2.45, 2.75) is 341 Å². The van der Waals surface area contributed by atoms with E-state index in [-0.39, 0.29) is 25.9 Å². The number of esters is 3. The zero-order valence-corrected chi connectivity index (χ0v) is 53.0. The molecule has 11 nitrogen and oxygen atoms in total. The van der Waals surface area contributed by atoms with Crippen LogP contribution in [0.3, 0.4) is 0 Å². The smallest absolute Gasteiger partial charge is 0.462 e. The van der Waals surface area contributed by atoms with Crippen molar-refractivity contribution in [3.63, 3.8) is 0 Å². The Kier molecular flexibility index (Phi) is 60.5. The van der Waals surface area contributed by atoms with E-state index in [2.05, 4.69) is 69.4 Å². The van der Waals surface area contributed by atoms with E-state index in [0.717, 1.165) is 89.9 Å². The molecule has 0 heterocycles. The number of carbonyl (C=O) groups excluding carboxylic acids is 3. The zero-order valence-electron chi connectivity index (χ0n) is 52.1. The third-order valence-corrected chi connectivity index (χ3v) is 15.7. The minimum atomic E-state index is -4.76. The lowest BCUT2D eigenvalue weighted by Crippen LogP contribution is -2.30. The highest BCUT2D eigenvalue weighted by molar-refractivity contribution is 7.47. The van der Waals surface area contributed by atoms with Crippen LogP contribution in [0, 0.1) is 0 Å². The van der Waals surface area contributed by atoms with Crippen molar-refractivity contribution < 1.29 is 52.2 Å². The minimum Gasteiger partial charge on any atom is -0.462 e. The molecule has 2 N–H and O–H groups in total. The maximum absolute atomic E-state index is 13.0. The SMILES string of the molecule is CC/C=C\C/C=C\C/C=C\C/C=C\CCCCCCC(=O)OC(COC(=O)CCCCCCCCCCCCCCCCCCCCC)COP(=O)(O)OCC(CO)OC(=O)CCCCCCCCCCCCCCCCCCC. The lowest BCUT2D eigenvalue weighted by Gasteiger charge is -2.21. The van der Waals surface area contributed by atoms with Crippen LogP contribution in [0.15, 0.2) is 48.6 Å². The van der Waals surface area contributed by atoms with Gasteiger partial charge in [-0.3, -0.25) is 23.4 Å². The molecule has 0 fully saturated rings. The van der Waals surface area contributed by atoms with Crippen LogP contribution in [0.4, 0.5) is 0 Å². The van der Waals surface area contributed by atoms with E-state index in [9.17, 15) is 28.9 Å². The summed E-state index contributed by atoms with van der Waals surface area (Å²) in [5.41, 5.74) is 0. The minimum absolute atomic E-state index is 0.143. The van der Waals surface area contributed by atoms with Crippen LogP contribution >= 0.6 is 7.82 Å². The van der Waals surface area contributed by atoms with E-state index in [1.807, 2.05) is 0 Å². The summed E-state index contributed by atoms with van der Waals surface area (Å²) < 4.78 is 39.7. The zero-order chi connectivity index (χ0) is 58.3. The van der Waals surface area contributed by atoms with Gasteiger partial charge in [0.15, 0.2) is 6.10 Å². The Morgan fingerprint density at radius 2 is 0.650 bits per heavy atom. The fourth-order valence-electron chi connectivity index (χ4n) is 9.70. The number of aliphatic hydroxyl groups is 1. The van der Waals surface area contributed by atoms with Gasteiger partial charge < -0.3 is 24.2 Å². The number of hydrogen-bond acceptors (Lipinski definition) is 10. The van der Waals surface area contributed by atoms with Crippen molar-refractivity contribution >= 4 is 25.7 Å². The third kappa shape index (κ3) is 60.0. The van der Waals surface area contributed by atoms with Gasteiger partial charge in [-0.05, 0) is 57.8 Å². The molecule has 3 atom stereocenters. The highest BCUT2D eigenvalue weighted by Crippen LogP contribution is 2.43. The first kappa shape index (κ1) is 77.4. The van der Waals surface area contributed by atoms with Crippen molar-refractivity contribution in [2.24, 2.45) is 0 Å². The highest BCUT2D eigenvalue weighted by atomic mass is 31.2. The molecule has 0 aliphatic rings. The van der Waals surface area contributed by atoms with Gasteiger partial charge in [0.25, 0.3) is 0 Å². The average Bonchev–Trinajstić information content (AvgIpc) is 3.45. The van der Waals surface area contributed by atoms with E-state index in [1.54, 1.807) is 0 Å². The van der Waals surface area contributed by atoms with Gasteiger partial charge in [-0.2, -0.15) is 0 Å². The fourth-order valence-corrected chi connectivity index (χ4v) is 10.5. The first-order chi connectivity index (χ1) is 39.2. The molecule has 80 heavy (non-hydrogen) atoms. The topological polar surface area (TPSA) is 155 Å². The molecule has 468 valence electrons. The van der Waals surface area contributed by atoms with Gasteiger partial charge in [-0.25, -0.2) is 4.57 Å². The van der Waals surface area contributed by atoms with Crippen molar-refractivity contribution in [3.8, 4) is 0 Å². The van der Waals surface area contributed by atoms with E-state index >= 15 is 0 Å². The molecule has 0 aromatic carbocycles. The van der Waals surface area contributed by atoms with Crippen LogP contribution in [-0.2, 0) is 42.2 Å². The van der Waals surface area contributed by atoms with Crippen LogP contribution in [0.5, 0.6) is 0 Å². The summed E-state index contributed by atoms with van der Waals surface area (Å²) in [5.74, 6) is -1.47. The number of aliphatic hydroxyl groups excluding tert-OH is 1. The van der Waals surface area contributed by atoms with Crippen LogP contribution in [-0.4, -0.2) is 66.5 Å². The summed E-state index contributed by atoms with van der Waals surface area (Å²) in [6.07, 6.45) is 69.2. The van der Waals surface area contributed by atoms with Gasteiger partial charge in [-0.1, -0.05) is 301 Å². The predicted octanol–water partition coefficient (Wildman–Crippen LogP) is 20.5. The summed E-state index contributed by atoms with van der Waals surface area (Å²) in [6, 6.07) is 0. The molecular formula is C68H125O11P. The number of carbonyl (C=O) groups is 3. The summed E-state index contributed by atoms with van der Waals surface area (Å²) in [5, 5.41) is 9.86. The van der Waals surface area contributed by atoms with Gasteiger partial charge in [0.1, 0.15) is 12.7 Å². The predicted molar refractivity (Wildman–Crippen MR) is 335 cm³/mol. The van der Waals surface area contributed by atoms with E-state index in [1.165, 1.54) is 180 Å². The van der Waals surface area contributed by atoms with E-state index in [4.69, 9.17) is 23.3 Å². The molecular weight excluding hydrogens is 1020 g/mol. The van der Waals surface area contributed by atoms with Crippen LogP contribution in [0.2, 0.25) is 0 Å². The number of allylic oxidation sites excluding steroid dienone is 8. The lowest BCUT2D eigenvalue weighted by atomic mass is 10.0. The van der Waals surface area contributed by atoms with Gasteiger partial charge in [0, 0.05) is 19.3 Å². The summed E-state index contributed by atoms with van der Waals surface area (Å²) in [6.45, 7) is 4.59. The van der Waals surface area contributed by atoms with Crippen molar-refractivity contribution in [3.05, 3.63) is 48.6 Å². The second-order valence-electron chi connectivity index (χ2n) is 22.6. The maximum Gasteiger partial charge on any atom is 0.472 e. The van der Waals surface area contributed by atoms with Crippen molar-refractivity contribution in [1.29, 1.82) is 0 Å². The summed E-state index contributed by atoms with van der Waals surface area (Å²) in [4.78, 5) is 48.8. The Morgan fingerprint density at radius 3 is 1.00 bits per heavy atom. The Morgan fingerprint density at radius 1 is 0.362 bits per heavy atom. The third-order valence-electron chi connectivity index (χ3n) is 14.8. The second-order valence-corrected chi connectivity index (χ2v) is 24.1. The number of phosphoric ester groups is 1. The molecule has 0 saturated heterocycles. The van der Waals surface area contributed by atoms with E-state index in [0.29, 0.717) is 19.3 Å². The average molecular weight is 1150 g/mol. The van der Waals surface area contributed by atoms with Gasteiger partial charge in [-0.15, -0.1) is 0 Å². The molecule has 0 amide bonds. The number of rotatable bonds is 63. The van der Waals surface area contributed by atoms with Crippen LogP contribution in [0.25, 0.3) is 0 Å². The Bertz CT molecular complexity index is 1530. The number of hydrogen-bond donors (Lipinski definition) is 2. The molecule has 12 heteroatoms. The molecule has 0 aliphatic carbocycles. The Balaban J connectivity index is 4.67. The molecule has 3 unspecified atom stereocenters. The maximum atomic E-state index is 13.0. The number of phosphoric acid groups is 1. The summed E-state index contributed by atoms with van der Waals surface area (Å²) in [7, 11) is -4.76. The van der Waals surface area contributed by atoms with Crippen LogP contribution in [0.1, 0.15) is 329 Å². The summed E-state index contributed by atoms with van der Waals surface area (Å²) >= 11 is 0. The number of unbranched alkanes of at least 4 members (excludes halogenated alkanes) is 38. The Hall–Kier alpha value is -2.56. The quantitative estimate of drug-likeness (QED) is 0.0197. The molecule has 0 bridgehead atoms. The fraction of sp³-hybridized carbons (Fsp3) is 0.838. The lowest BCUT2D eigenvalue weighted by molar-refractivity contribution is -0.161. The molecule has 0 rings (SSSR count). The first-order valence-electron chi connectivity index (χ1n) is 33.5. The van der Waals surface area contributed by atoms with Crippen molar-refractivity contribution in [1.82, 2.24) is 0 Å². The standard InChI is InChI=1S/C68H125O11P/c1-4-7-10-13-16-19-22-25-28-31-32-35-36-39-42-45-48-51-54-57-66(70)75-61-65(79-68(72)59-56-53-50-47-44-41-38-34-30-27-24-21-18-15-12-9-6-3)63-77-80(73,74)76-62-64(60-69)78-67(71)58-55-52-49-46-43-40-37-33-29-26-23-20-17-14-11-8-5-2/h9,12,18,21,27,30,38,41,64-65,69H,4-8,10-11,13-17,19-20,22-26,28-29,31-37,39-40,42-63H2,1-3H3,(H,73,74)/b12-9-,21-18-,30-27-,41-38-. The normalized spacial score (nSPS) is 13.5. The molecule has 0 saturated carbocycles. The second kappa shape index (κ2) is 62.5. The molecule has 0 aliphatic heterocycles. The van der Waals surface area contributed by atoms with Gasteiger partial charge >= 0.3 is 25.7 Å². The van der Waals surface area contributed by atoms with Crippen LogP contribution < -0.4 is 0 Å². The molecule has 0 aromatic rings. The molecule has 0 spiro atoms. The van der Waals surface area contributed by atoms with Crippen molar-refractivity contribution in [2.75, 3.05) is 26.4 Å². The Labute approximate surface area is 492 Å². The highest BCUT2D eigenvalue weighted by Gasteiger charge is 2.28. The molecule has 0 radical (unpaired) electrons. The monoisotopic (exact) mass is 1150 g/mol. The van der Waals surface area contributed by atoms with Gasteiger partial charge in [0.05, 0.1) is 19.8 Å². The van der Waals surface area contributed by atoms with E-state index < -0.39 is 57.8 Å². The molecule has 0 aromatic heterocycles.